The number of carbonyl (C=O) groups excluding carboxylic acids is 1. The summed E-state index contributed by atoms with van der Waals surface area (Å²) in [4.78, 5) is 16.9. The number of nitrogens with zero attached hydrogens (tertiary/aromatic N) is 3. The SMILES string of the molecule is CC(C)c1cc(C(=O)N2CCCN(C/C=C/c3ccccc3)CC2)on1. The topological polar surface area (TPSA) is 49.6 Å². The minimum atomic E-state index is -0.0499. The van der Waals surface area contributed by atoms with Gasteiger partial charge in [0.15, 0.2) is 0 Å². The second kappa shape index (κ2) is 8.81. The summed E-state index contributed by atoms with van der Waals surface area (Å²) in [6, 6.07) is 12.1. The van der Waals surface area contributed by atoms with E-state index in [1.54, 1.807) is 6.07 Å². The first-order chi connectivity index (χ1) is 12.6. The van der Waals surface area contributed by atoms with Crippen molar-refractivity contribution in [2.24, 2.45) is 0 Å². The van der Waals surface area contributed by atoms with E-state index in [-0.39, 0.29) is 11.8 Å². The smallest absolute Gasteiger partial charge is 0.292 e. The van der Waals surface area contributed by atoms with E-state index in [0.29, 0.717) is 5.76 Å². The summed E-state index contributed by atoms with van der Waals surface area (Å²) in [5.41, 5.74) is 2.04. The van der Waals surface area contributed by atoms with Gasteiger partial charge < -0.3 is 9.42 Å². The highest BCUT2D eigenvalue weighted by Gasteiger charge is 2.23. The summed E-state index contributed by atoms with van der Waals surface area (Å²) in [7, 11) is 0. The number of hydrogen-bond donors (Lipinski definition) is 0. The highest BCUT2D eigenvalue weighted by Crippen LogP contribution is 2.16. The Hall–Kier alpha value is -2.40. The second-order valence-electron chi connectivity index (χ2n) is 7.03. The molecule has 0 atom stereocenters. The molecule has 0 spiro atoms. The van der Waals surface area contributed by atoms with E-state index in [1.807, 2.05) is 36.9 Å². The van der Waals surface area contributed by atoms with Gasteiger partial charge in [-0.05, 0) is 17.9 Å². The van der Waals surface area contributed by atoms with Gasteiger partial charge in [0.2, 0.25) is 5.76 Å². The fourth-order valence-corrected chi connectivity index (χ4v) is 3.08. The van der Waals surface area contributed by atoms with Gasteiger partial charge in [-0.3, -0.25) is 9.69 Å². The van der Waals surface area contributed by atoms with Crippen LogP contribution in [0.5, 0.6) is 0 Å². The summed E-state index contributed by atoms with van der Waals surface area (Å²) < 4.78 is 5.26. The molecule has 1 aliphatic heterocycles. The van der Waals surface area contributed by atoms with Gasteiger partial charge in [-0.25, -0.2) is 0 Å². The van der Waals surface area contributed by atoms with E-state index in [1.165, 1.54) is 5.56 Å². The molecule has 1 amide bonds. The Balaban J connectivity index is 1.52. The molecule has 26 heavy (non-hydrogen) atoms. The number of benzene rings is 1. The number of carbonyl (C=O) groups is 1. The van der Waals surface area contributed by atoms with Crippen molar-refractivity contribution in [2.75, 3.05) is 32.7 Å². The molecule has 0 aliphatic carbocycles. The van der Waals surface area contributed by atoms with Crippen LogP contribution in [-0.2, 0) is 0 Å². The highest BCUT2D eigenvalue weighted by molar-refractivity contribution is 5.91. The average Bonchev–Trinajstić information content (AvgIpc) is 3.03. The van der Waals surface area contributed by atoms with Crippen LogP contribution in [0.15, 0.2) is 47.0 Å². The van der Waals surface area contributed by atoms with Crippen molar-refractivity contribution in [3.8, 4) is 0 Å². The molecule has 0 saturated carbocycles. The van der Waals surface area contributed by atoms with Gasteiger partial charge in [0, 0.05) is 38.8 Å². The van der Waals surface area contributed by atoms with E-state index >= 15 is 0 Å². The maximum atomic E-state index is 12.7. The molecule has 0 N–H and O–H groups in total. The molecule has 1 aromatic heterocycles. The predicted molar refractivity (Wildman–Crippen MR) is 103 cm³/mol. The third-order valence-corrected chi connectivity index (χ3v) is 4.68. The maximum Gasteiger partial charge on any atom is 0.292 e. The molecular weight excluding hydrogens is 326 g/mol. The summed E-state index contributed by atoms with van der Waals surface area (Å²) in [5.74, 6) is 0.563. The van der Waals surface area contributed by atoms with Gasteiger partial charge in [-0.15, -0.1) is 0 Å². The van der Waals surface area contributed by atoms with Crippen molar-refractivity contribution in [1.29, 1.82) is 0 Å². The minimum absolute atomic E-state index is 0.0499. The molecule has 138 valence electrons. The quantitative estimate of drug-likeness (QED) is 0.823. The summed E-state index contributed by atoms with van der Waals surface area (Å²) in [5, 5.41) is 4.00. The van der Waals surface area contributed by atoms with Crippen LogP contribution in [0.25, 0.3) is 6.08 Å². The van der Waals surface area contributed by atoms with Crippen LogP contribution in [0.4, 0.5) is 0 Å². The average molecular weight is 353 g/mol. The first-order valence-electron chi connectivity index (χ1n) is 9.33. The van der Waals surface area contributed by atoms with Crippen LogP contribution in [0, 0.1) is 0 Å². The molecule has 1 saturated heterocycles. The van der Waals surface area contributed by atoms with Gasteiger partial charge in [0.05, 0.1) is 5.69 Å². The van der Waals surface area contributed by atoms with Crippen LogP contribution in [0.1, 0.15) is 48.0 Å². The molecule has 0 bridgehead atoms. The van der Waals surface area contributed by atoms with Crippen molar-refractivity contribution in [2.45, 2.75) is 26.2 Å². The summed E-state index contributed by atoms with van der Waals surface area (Å²) >= 11 is 0. The number of amides is 1. The Morgan fingerprint density at radius 3 is 2.73 bits per heavy atom. The van der Waals surface area contributed by atoms with E-state index in [2.05, 4.69) is 34.3 Å². The van der Waals surface area contributed by atoms with Gasteiger partial charge in [-0.1, -0.05) is 61.5 Å². The third-order valence-electron chi connectivity index (χ3n) is 4.68. The Labute approximate surface area is 155 Å². The van der Waals surface area contributed by atoms with Crippen molar-refractivity contribution in [3.63, 3.8) is 0 Å². The zero-order valence-electron chi connectivity index (χ0n) is 15.6. The fourth-order valence-electron chi connectivity index (χ4n) is 3.08. The van der Waals surface area contributed by atoms with Gasteiger partial charge in [-0.2, -0.15) is 0 Å². The highest BCUT2D eigenvalue weighted by atomic mass is 16.5. The van der Waals surface area contributed by atoms with E-state index < -0.39 is 0 Å². The lowest BCUT2D eigenvalue weighted by Crippen LogP contribution is -2.35. The number of hydrogen-bond acceptors (Lipinski definition) is 4. The predicted octanol–water partition coefficient (Wildman–Crippen LogP) is 3.66. The second-order valence-corrected chi connectivity index (χ2v) is 7.03. The van der Waals surface area contributed by atoms with Crippen LogP contribution in [0.3, 0.4) is 0 Å². The van der Waals surface area contributed by atoms with Crippen molar-refractivity contribution >= 4 is 12.0 Å². The largest absolute Gasteiger partial charge is 0.351 e. The monoisotopic (exact) mass is 353 g/mol. The normalized spacial score (nSPS) is 16.3. The molecule has 2 heterocycles. The Morgan fingerprint density at radius 1 is 1.19 bits per heavy atom. The molecule has 3 rings (SSSR count). The zero-order valence-corrected chi connectivity index (χ0v) is 15.6. The van der Waals surface area contributed by atoms with E-state index in [9.17, 15) is 4.79 Å². The lowest BCUT2D eigenvalue weighted by molar-refractivity contribution is 0.0720. The molecule has 1 aromatic carbocycles. The van der Waals surface area contributed by atoms with Crippen molar-refractivity contribution < 1.29 is 9.32 Å². The summed E-state index contributed by atoms with van der Waals surface area (Å²) in [6.45, 7) is 8.33. The zero-order chi connectivity index (χ0) is 18.4. The lowest BCUT2D eigenvalue weighted by Gasteiger charge is -2.20. The van der Waals surface area contributed by atoms with Crippen molar-refractivity contribution in [3.05, 3.63) is 59.5 Å². The fraction of sp³-hybridized carbons (Fsp3) is 0.429. The first-order valence-corrected chi connectivity index (χ1v) is 9.33. The van der Waals surface area contributed by atoms with Crippen LogP contribution >= 0.6 is 0 Å². The van der Waals surface area contributed by atoms with E-state index in [0.717, 1.165) is 44.8 Å². The molecule has 0 unspecified atom stereocenters. The minimum Gasteiger partial charge on any atom is -0.351 e. The van der Waals surface area contributed by atoms with Crippen molar-refractivity contribution in [1.82, 2.24) is 15.0 Å². The van der Waals surface area contributed by atoms with Gasteiger partial charge in [0.25, 0.3) is 5.91 Å². The molecule has 0 radical (unpaired) electrons. The third kappa shape index (κ3) is 4.82. The van der Waals surface area contributed by atoms with Crippen LogP contribution in [0.2, 0.25) is 0 Å². The summed E-state index contributed by atoms with van der Waals surface area (Å²) in [6.07, 6.45) is 5.31. The Bertz CT molecular complexity index is 737. The Kier molecular flexibility index (Phi) is 6.23. The maximum absolute atomic E-state index is 12.7. The molecule has 1 aliphatic rings. The standard InChI is InChI=1S/C21H27N3O2/c1-17(2)19-16-20(26-22-19)21(25)24-13-7-12-23(14-15-24)11-6-10-18-8-4-3-5-9-18/h3-6,8-10,16-17H,7,11-15H2,1-2H3/b10-6+. The molecule has 2 aromatic rings. The Morgan fingerprint density at radius 2 is 2.00 bits per heavy atom. The van der Waals surface area contributed by atoms with Gasteiger partial charge >= 0.3 is 0 Å². The van der Waals surface area contributed by atoms with Crippen LogP contribution < -0.4 is 0 Å². The first kappa shape index (κ1) is 18.4. The lowest BCUT2D eigenvalue weighted by atomic mass is 10.1. The number of aromatic nitrogens is 1. The molecule has 5 heteroatoms. The van der Waals surface area contributed by atoms with Crippen LogP contribution in [-0.4, -0.2) is 53.6 Å². The molecular formula is C21H27N3O2. The molecule has 5 nitrogen and oxygen atoms in total. The number of rotatable bonds is 5. The van der Waals surface area contributed by atoms with E-state index in [4.69, 9.17) is 4.52 Å². The van der Waals surface area contributed by atoms with Gasteiger partial charge in [0.1, 0.15) is 0 Å². The molecule has 1 fully saturated rings.